The van der Waals surface area contributed by atoms with Crippen molar-refractivity contribution in [3.63, 3.8) is 0 Å². The zero-order valence-electron chi connectivity index (χ0n) is 18.9. The Bertz CT molecular complexity index is 886. The van der Waals surface area contributed by atoms with Crippen molar-refractivity contribution < 1.29 is 45.2 Å². The fourth-order valence-corrected chi connectivity index (χ4v) is 4.07. The fraction of sp³-hybridized carbons (Fsp3) is 0.520. The van der Waals surface area contributed by atoms with Gasteiger partial charge < -0.3 is 45.2 Å². The van der Waals surface area contributed by atoms with Gasteiger partial charge in [-0.1, -0.05) is 24.6 Å². The zero-order chi connectivity index (χ0) is 24.7. The third-order valence-electron chi connectivity index (χ3n) is 6.15. The van der Waals surface area contributed by atoms with E-state index in [2.05, 4.69) is 0 Å². The van der Waals surface area contributed by atoms with E-state index >= 15 is 0 Å². The zero-order valence-corrected chi connectivity index (χ0v) is 18.9. The number of ether oxygens (including phenoxy) is 2. The van der Waals surface area contributed by atoms with Crippen molar-refractivity contribution in [1.82, 2.24) is 0 Å². The Morgan fingerprint density at radius 3 is 2.15 bits per heavy atom. The molecule has 2 aromatic rings. The van der Waals surface area contributed by atoms with Crippen LogP contribution in [0.5, 0.6) is 17.2 Å². The van der Waals surface area contributed by atoms with Crippen LogP contribution in [0.15, 0.2) is 42.5 Å². The quantitative estimate of drug-likeness (QED) is 0.187. The Hall–Kier alpha value is -2.40. The van der Waals surface area contributed by atoms with Gasteiger partial charge in [-0.2, -0.15) is 0 Å². The lowest BCUT2D eigenvalue weighted by Gasteiger charge is -2.41. The Morgan fingerprint density at radius 2 is 1.47 bits per heavy atom. The third-order valence-corrected chi connectivity index (χ3v) is 6.15. The van der Waals surface area contributed by atoms with Crippen molar-refractivity contribution in [3.05, 3.63) is 53.6 Å². The summed E-state index contributed by atoms with van der Waals surface area (Å²) >= 11 is 0. The molecule has 0 saturated carbocycles. The molecule has 9 heteroatoms. The number of hydrogen-bond donors (Lipinski definition) is 7. The number of aliphatic hydroxyl groups excluding tert-OH is 4. The van der Waals surface area contributed by atoms with Crippen LogP contribution in [-0.4, -0.2) is 79.2 Å². The number of benzene rings is 2. The lowest BCUT2D eigenvalue weighted by atomic mass is 9.98. The number of unbranched alkanes of at least 4 members (excludes halogenated alkanes) is 1. The van der Waals surface area contributed by atoms with Gasteiger partial charge >= 0.3 is 0 Å². The predicted molar refractivity (Wildman–Crippen MR) is 122 cm³/mol. The first-order valence-electron chi connectivity index (χ1n) is 11.5. The molecular formula is C25H34O9. The molecule has 34 heavy (non-hydrogen) atoms. The summed E-state index contributed by atoms with van der Waals surface area (Å²) in [6, 6.07) is 11.6. The second-order valence-corrected chi connectivity index (χ2v) is 8.73. The maximum Gasteiger partial charge on any atom is 0.186 e. The second-order valence-electron chi connectivity index (χ2n) is 8.73. The van der Waals surface area contributed by atoms with Crippen molar-refractivity contribution in [2.75, 3.05) is 6.61 Å². The molecule has 0 radical (unpaired) electrons. The van der Waals surface area contributed by atoms with Crippen LogP contribution in [0.4, 0.5) is 0 Å². The molecule has 2 aromatic carbocycles. The summed E-state index contributed by atoms with van der Waals surface area (Å²) in [5.41, 5.74) is 1.89. The first-order valence-corrected chi connectivity index (χ1v) is 11.5. The highest BCUT2D eigenvalue weighted by Gasteiger charge is 2.44. The van der Waals surface area contributed by atoms with Crippen LogP contribution in [0.2, 0.25) is 0 Å². The Balaban J connectivity index is 1.61. The lowest BCUT2D eigenvalue weighted by molar-refractivity contribution is -0.312. The molecule has 0 aliphatic carbocycles. The largest absolute Gasteiger partial charge is 0.508 e. The van der Waals surface area contributed by atoms with Crippen molar-refractivity contribution in [2.24, 2.45) is 0 Å². The molecule has 6 atom stereocenters. The van der Waals surface area contributed by atoms with Crippen LogP contribution < -0.4 is 0 Å². The van der Waals surface area contributed by atoms with E-state index in [4.69, 9.17) is 9.47 Å². The van der Waals surface area contributed by atoms with Gasteiger partial charge in [-0.25, -0.2) is 0 Å². The molecule has 1 saturated heterocycles. The summed E-state index contributed by atoms with van der Waals surface area (Å²) in [5, 5.41) is 68.5. The van der Waals surface area contributed by atoms with E-state index in [0.29, 0.717) is 19.3 Å². The topological polar surface area (TPSA) is 160 Å². The fourth-order valence-electron chi connectivity index (χ4n) is 4.07. The molecule has 7 N–H and O–H groups in total. The molecule has 9 nitrogen and oxygen atoms in total. The highest BCUT2D eigenvalue weighted by Crippen LogP contribution is 2.28. The summed E-state index contributed by atoms with van der Waals surface area (Å²) in [7, 11) is 0. The molecule has 0 aromatic heterocycles. The Labute approximate surface area is 198 Å². The monoisotopic (exact) mass is 478 g/mol. The minimum absolute atomic E-state index is 0.202. The normalized spacial score (nSPS) is 25.8. The molecule has 0 unspecified atom stereocenters. The predicted octanol–water partition coefficient (Wildman–Crippen LogP) is 1.33. The summed E-state index contributed by atoms with van der Waals surface area (Å²) < 4.78 is 11.5. The molecular weight excluding hydrogens is 444 g/mol. The van der Waals surface area contributed by atoms with Crippen molar-refractivity contribution in [3.8, 4) is 17.2 Å². The SMILES string of the molecule is OC[C@H]1O[C@@H](O[C@H](CCCCc2ccc(O)cc2)CCc2ccc(O)c(O)c2)[C@H](O)[C@@H](O)[C@@H]1O. The summed E-state index contributed by atoms with van der Waals surface area (Å²) in [6.45, 7) is -0.533. The maximum absolute atomic E-state index is 10.3. The van der Waals surface area contributed by atoms with Crippen LogP contribution in [0, 0.1) is 0 Å². The van der Waals surface area contributed by atoms with Gasteiger partial charge in [0.15, 0.2) is 17.8 Å². The number of aliphatic hydroxyl groups is 4. The number of aromatic hydroxyl groups is 3. The third kappa shape index (κ3) is 7.05. The van der Waals surface area contributed by atoms with Gasteiger partial charge in [-0.3, -0.25) is 0 Å². The molecule has 0 amide bonds. The van der Waals surface area contributed by atoms with Gasteiger partial charge in [-0.15, -0.1) is 0 Å². The van der Waals surface area contributed by atoms with Gasteiger partial charge in [0, 0.05) is 0 Å². The van der Waals surface area contributed by atoms with Crippen molar-refractivity contribution in [1.29, 1.82) is 0 Å². The molecule has 3 rings (SSSR count). The average molecular weight is 479 g/mol. The molecule has 0 bridgehead atoms. The van der Waals surface area contributed by atoms with Crippen LogP contribution in [0.1, 0.15) is 36.8 Å². The molecule has 1 aliphatic rings. The standard InChI is InChI=1S/C25H34O9/c26-14-21-22(30)23(31)24(32)25(34-21)33-18(11-7-16-8-12-19(28)20(29)13-16)4-2-1-3-15-5-9-17(27)10-6-15/h5-6,8-10,12-13,18,21-32H,1-4,7,11,14H2/t18-,21-,22-,23+,24-,25-/m1/s1. The molecule has 1 fully saturated rings. The van der Waals surface area contributed by atoms with Crippen LogP contribution in [0.3, 0.4) is 0 Å². The van der Waals surface area contributed by atoms with Crippen LogP contribution >= 0.6 is 0 Å². The first kappa shape index (κ1) is 26.2. The van der Waals surface area contributed by atoms with E-state index in [0.717, 1.165) is 30.4 Å². The number of hydrogen-bond acceptors (Lipinski definition) is 9. The number of rotatable bonds is 11. The van der Waals surface area contributed by atoms with Crippen LogP contribution in [0.25, 0.3) is 0 Å². The molecule has 0 spiro atoms. The summed E-state index contributed by atoms with van der Waals surface area (Å²) in [4.78, 5) is 0. The summed E-state index contributed by atoms with van der Waals surface area (Å²) in [6.07, 6.45) is -2.96. The maximum atomic E-state index is 10.3. The second kappa shape index (κ2) is 12.3. The number of aryl methyl sites for hydroxylation is 2. The van der Waals surface area contributed by atoms with E-state index in [9.17, 15) is 35.7 Å². The highest BCUT2D eigenvalue weighted by molar-refractivity contribution is 5.40. The minimum Gasteiger partial charge on any atom is -0.508 e. The Morgan fingerprint density at radius 1 is 0.765 bits per heavy atom. The van der Waals surface area contributed by atoms with E-state index < -0.39 is 37.3 Å². The molecule has 188 valence electrons. The smallest absolute Gasteiger partial charge is 0.186 e. The van der Waals surface area contributed by atoms with E-state index in [1.54, 1.807) is 18.2 Å². The van der Waals surface area contributed by atoms with Crippen molar-refractivity contribution >= 4 is 0 Å². The average Bonchev–Trinajstić information content (AvgIpc) is 2.83. The van der Waals surface area contributed by atoms with Gasteiger partial charge in [0.2, 0.25) is 0 Å². The van der Waals surface area contributed by atoms with Gasteiger partial charge in [-0.05, 0) is 67.5 Å². The number of phenols is 3. The van der Waals surface area contributed by atoms with E-state index in [-0.39, 0.29) is 23.4 Å². The first-order chi connectivity index (χ1) is 16.3. The number of phenolic OH excluding ortho intramolecular Hbond substituents is 3. The molecule has 1 heterocycles. The van der Waals surface area contributed by atoms with E-state index in [1.807, 2.05) is 12.1 Å². The summed E-state index contributed by atoms with van der Waals surface area (Å²) in [5.74, 6) is -0.193. The molecule has 1 aliphatic heterocycles. The van der Waals surface area contributed by atoms with Gasteiger partial charge in [0.05, 0.1) is 12.7 Å². The van der Waals surface area contributed by atoms with E-state index in [1.165, 1.54) is 12.1 Å². The Kier molecular flexibility index (Phi) is 9.52. The van der Waals surface area contributed by atoms with Crippen molar-refractivity contribution in [2.45, 2.75) is 75.3 Å². The lowest BCUT2D eigenvalue weighted by Crippen LogP contribution is -2.59. The minimum atomic E-state index is -1.51. The van der Waals surface area contributed by atoms with Crippen LogP contribution in [-0.2, 0) is 22.3 Å². The highest BCUT2D eigenvalue weighted by atomic mass is 16.7. The van der Waals surface area contributed by atoms with Gasteiger partial charge in [0.25, 0.3) is 0 Å². The van der Waals surface area contributed by atoms with Gasteiger partial charge in [0.1, 0.15) is 30.2 Å².